The minimum Gasteiger partial charge on any atom is -0.478 e. The number of piperazine rings is 1. The Morgan fingerprint density at radius 3 is 2.18 bits per heavy atom. The summed E-state index contributed by atoms with van der Waals surface area (Å²) in [5, 5.41) is 8.76. The van der Waals surface area contributed by atoms with Gasteiger partial charge >= 0.3 is 5.97 Å². The Bertz CT molecular complexity index is 447. The molecule has 1 saturated heterocycles. The van der Waals surface area contributed by atoms with E-state index in [9.17, 15) is 9.59 Å². The molecule has 0 atom stereocenters. The molecule has 1 heterocycles. The number of allylic oxidation sites excluding steroid dienone is 3. The maximum absolute atomic E-state index is 12.1. The number of hydrogen-bond donors (Lipinski definition) is 1. The second-order valence-electron chi connectivity index (χ2n) is 6.00. The fraction of sp³-hybridized carbons (Fsp3) is 0.647. The van der Waals surface area contributed by atoms with Gasteiger partial charge in [0.05, 0.1) is 0 Å². The Labute approximate surface area is 133 Å². The molecule has 0 spiro atoms. The van der Waals surface area contributed by atoms with Crippen LogP contribution in [-0.4, -0.2) is 60.0 Å². The lowest BCUT2D eigenvalue weighted by atomic mass is 10.1. The number of carbonyl (C=O) groups excluding carboxylic acids is 1. The average Bonchev–Trinajstić information content (AvgIpc) is 2.47. The van der Waals surface area contributed by atoms with Crippen LogP contribution in [0.15, 0.2) is 23.3 Å². The van der Waals surface area contributed by atoms with Crippen LogP contribution in [-0.2, 0) is 9.59 Å². The van der Waals surface area contributed by atoms with Gasteiger partial charge in [-0.05, 0) is 40.2 Å². The van der Waals surface area contributed by atoms with E-state index in [1.54, 1.807) is 13.0 Å². The first kappa shape index (κ1) is 18.4. The number of carboxylic acids is 1. The van der Waals surface area contributed by atoms with Gasteiger partial charge in [-0.3, -0.25) is 4.79 Å². The SMILES string of the molecule is C/C(=C\CCC(=O)N1CCN(C)CC1)CC/C=C(\C)C(=O)O. The van der Waals surface area contributed by atoms with Crippen molar-refractivity contribution < 1.29 is 14.7 Å². The van der Waals surface area contributed by atoms with Crippen LogP contribution in [0.3, 0.4) is 0 Å². The highest BCUT2D eigenvalue weighted by atomic mass is 16.4. The Morgan fingerprint density at radius 1 is 1.00 bits per heavy atom. The largest absolute Gasteiger partial charge is 0.478 e. The van der Waals surface area contributed by atoms with Gasteiger partial charge in [0.2, 0.25) is 5.91 Å². The van der Waals surface area contributed by atoms with E-state index in [1.165, 1.54) is 5.57 Å². The number of amides is 1. The van der Waals surface area contributed by atoms with Crippen molar-refractivity contribution in [2.24, 2.45) is 0 Å². The second-order valence-corrected chi connectivity index (χ2v) is 6.00. The molecular formula is C17H28N2O3. The summed E-state index contributed by atoms with van der Waals surface area (Å²) in [6.45, 7) is 7.21. The van der Waals surface area contributed by atoms with E-state index in [1.807, 2.05) is 11.8 Å². The molecule has 22 heavy (non-hydrogen) atoms. The monoisotopic (exact) mass is 308 g/mol. The fourth-order valence-electron chi connectivity index (χ4n) is 2.36. The Balaban J connectivity index is 2.25. The molecule has 0 bridgehead atoms. The van der Waals surface area contributed by atoms with Gasteiger partial charge in [0, 0.05) is 38.2 Å². The maximum Gasteiger partial charge on any atom is 0.330 e. The summed E-state index contributed by atoms with van der Waals surface area (Å²) < 4.78 is 0. The summed E-state index contributed by atoms with van der Waals surface area (Å²) in [5.74, 6) is -0.627. The number of hydrogen-bond acceptors (Lipinski definition) is 3. The zero-order valence-corrected chi connectivity index (χ0v) is 14.0. The third-order valence-electron chi connectivity index (χ3n) is 4.03. The smallest absolute Gasteiger partial charge is 0.330 e. The van der Waals surface area contributed by atoms with Crippen molar-refractivity contribution in [3.05, 3.63) is 23.3 Å². The van der Waals surface area contributed by atoms with Crippen LogP contribution >= 0.6 is 0 Å². The van der Waals surface area contributed by atoms with Gasteiger partial charge in [-0.15, -0.1) is 0 Å². The highest BCUT2D eigenvalue weighted by Crippen LogP contribution is 2.10. The molecule has 124 valence electrons. The second kappa shape index (κ2) is 9.41. The molecule has 0 unspecified atom stereocenters. The molecule has 0 aromatic rings. The molecule has 0 saturated carbocycles. The van der Waals surface area contributed by atoms with Gasteiger partial charge in [-0.2, -0.15) is 0 Å². The average molecular weight is 308 g/mol. The predicted molar refractivity (Wildman–Crippen MR) is 87.7 cm³/mol. The molecule has 1 fully saturated rings. The van der Waals surface area contributed by atoms with Crippen LogP contribution in [0.4, 0.5) is 0 Å². The summed E-state index contributed by atoms with van der Waals surface area (Å²) in [7, 11) is 2.08. The predicted octanol–water partition coefficient (Wildman–Crippen LogP) is 2.30. The van der Waals surface area contributed by atoms with Gasteiger partial charge in [-0.25, -0.2) is 4.79 Å². The van der Waals surface area contributed by atoms with Crippen molar-refractivity contribution >= 4 is 11.9 Å². The Hall–Kier alpha value is -1.62. The van der Waals surface area contributed by atoms with Crippen LogP contribution in [0.2, 0.25) is 0 Å². The van der Waals surface area contributed by atoms with Crippen LogP contribution in [0.25, 0.3) is 0 Å². The van der Waals surface area contributed by atoms with Crippen LogP contribution < -0.4 is 0 Å². The molecule has 1 aliphatic heterocycles. The lowest BCUT2D eigenvalue weighted by molar-refractivity contribution is -0.133. The van der Waals surface area contributed by atoms with Crippen molar-refractivity contribution in [1.82, 2.24) is 9.80 Å². The molecule has 0 aromatic heterocycles. The third-order valence-corrected chi connectivity index (χ3v) is 4.03. The number of likely N-dealkylation sites (N-methyl/N-ethyl adjacent to an activating group) is 1. The standard InChI is InChI=1S/C17H28N2O3/c1-14(6-4-8-15(2)17(21)22)7-5-9-16(20)19-12-10-18(3)11-13-19/h7-8H,4-6,9-13H2,1-3H3,(H,21,22)/b14-7+,15-8+. The molecular weight excluding hydrogens is 280 g/mol. The van der Waals surface area contributed by atoms with E-state index in [-0.39, 0.29) is 5.91 Å². The molecule has 0 aliphatic carbocycles. The Kier molecular flexibility index (Phi) is 7.88. The van der Waals surface area contributed by atoms with Gasteiger partial charge in [0.1, 0.15) is 0 Å². The summed E-state index contributed by atoms with van der Waals surface area (Å²) in [6.07, 6.45) is 6.73. The first-order valence-electron chi connectivity index (χ1n) is 7.92. The minimum atomic E-state index is -0.862. The van der Waals surface area contributed by atoms with E-state index < -0.39 is 5.97 Å². The fourth-order valence-corrected chi connectivity index (χ4v) is 2.36. The normalized spacial score (nSPS) is 17.7. The van der Waals surface area contributed by atoms with Crippen LogP contribution in [0.5, 0.6) is 0 Å². The van der Waals surface area contributed by atoms with Crippen molar-refractivity contribution in [2.75, 3.05) is 33.2 Å². The van der Waals surface area contributed by atoms with Crippen molar-refractivity contribution in [3.63, 3.8) is 0 Å². The molecule has 1 N–H and O–H groups in total. The summed E-state index contributed by atoms with van der Waals surface area (Å²) >= 11 is 0. The van der Waals surface area contributed by atoms with Crippen molar-refractivity contribution in [2.45, 2.75) is 39.5 Å². The summed E-state index contributed by atoms with van der Waals surface area (Å²) in [6, 6.07) is 0. The molecule has 0 radical (unpaired) electrons. The Morgan fingerprint density at radius 2 is 1.59 bits per heavy atom. The van der Waals surface area contributed by atoms with Gasteiger partial charge in [0.25, 0.3) is 0 Å². The van der Waals surface area contributed by atoms with E-state index in [0.717, 1.165) is 45.4 Å². The zero-order chi connectivity index (χ0) is 16.5. The molecule has 1 aliphatic rings. The maximum atomic E-state index is 12.1. The van der Waals surface area contributed by atoms with Crippen molar-refractivity contribution in [3.8, 4) is 0 Å². The summed E-state index contributed by atoms with van der Waals surface area (Å²) in [5.41, 5.74) is 1.60. The first-order chi connectivity index (χ1) is 10.4. The van der Waals surface area contributed by atoms with E-state index in [0.29, 0.717) is 12.0 Å². The van der Waals surface area contributed by atoms with E-state index in [4.69, 9.17) is 5.11 Å². The van der Waals surface area contributed by atoms with Crippen LogP contribution in [0, 0.1) is 0 Å². The number of carboxylic acid groups (broad SMARTS) is 1. The van der Waals surface area contributed by atoms with Crippen LogP contribution in [0.1, 0.15) is 39.5 Å². The number of aliphatic carboxylic acids is 1. The van der Waals surface area contributed by atoms with Gasteiger partial charge < -0.3 is 14.9 Å². The number of rotatable bonds is 7. The highest BCUT2D eigenvalue weighted by Gasteiger charge is 2.17. The molecule has 1 rings (SSSR count). The molecule has 5 nitrogen and oxygen atoms in total. The van der Waals surface area contributed by atoms with Gasteiger partial charge in [-0.1, -0.05) is 17.7 Å². The first-order valence-corrected chi connectivity index (χ1v) is 7.92. The van der Waals surface area contributed by atoms with E-state index in [2.05, 4.69) is 18.0 Å². The minimum absolute atomic E-state index is 0.235. The zero-order valence-electron chi connectivity index (χ0n) is 14.0. The van der Waals surface area contributed by atoms with Gasteiger partial charge in [0.15, 0.2) is 0 Å². The number of carbonyl (C=O) groups is 2. The van der Waals surface area contributed by atoms with E-state index >= 15 is 0 Å². The quantitative estimate of drug-likeness (QED) is 0.579. The molecule has 0 aromatic carbocycles. The molecule has 1 amide bonds. The lowest BCUT2D eigenvalue weighted by Crippen LogP contribution is -2.47. The third kappa shape index (κ3) is 6.89. The van der Waals surface area contributed by atoms with Crippen molar-refractivity contribution in [1.29, 1.82) is 0 Å². The lowest BCUT2D eigenvalue weighted by Gasteiger charge is -2.32. The highest BCUT2D eigenvalue weighted by molar-refractivity contribution is 5.85. The topological polar surface area (TPSA) is 60.9 Å². The molecule has 5 heteroatoms. The summed E-state index contributed by atoms with van der Waals surface area (Å²) in [4.78, 5) is 26.9. The number of nitrogens with zero attached hydrogens (tertiary/aromatic N) is 2.